The van der Waals surface area contributed by atoms with Gasteiger partial charge < -0.3 is 10.6 Å². The van der Waals surface area contributed by atoms with Crippen LogP contribution in [0.25, 0.3) is 0 Å². The second kappa shape index (κ2) is 9.18. The Bertz CT molecular complexity index is 359. The monoisotopic (exact) mass is 308 g/mol. The van der Waals surface area contributed by atoms with Gasteiger partial charge >= 0.3 is 0 Å². The molecule has 19 heavy (non-hydrogen) atoms. The molecule has 2 rings (SSSR count). The Morgan fingerprint density at radius 2 is 2.21 bits per heavy atom. The SMILES string of the molecule is Cl.Cl.NCC1CCCN(C(=O)CCn2cccn2)C1. The summed E-state index contributed by atoms with van der Waals surface area (Å²) in [6.45, 7) is 3.06. The van der Waals surface area contributed by atoms with Crippen LogP contribution in [0.1, 0.15) is 19.3 Å². The topological polar surface area (TPSA) is 64.2 Å². The molecule has 110 valence electrons. The maximum Gasteiger partial charge on any atom is 0.224 e. The quantitative estimate of drug-likeness (QED) is 0.912. The highest BCUT2D eigenvalue weighted by atomic mass is 35.5. The second-order valence-corrected chi connectivity index (χ2v) is 4.60. The van der Waals surface area contributed by atoms with Crippen molar-refractivity contribution in [1.29, 1.82) is 0 Å². The van der Waals surface area contributed by atoms with Crippen LogP contribution in [-0.2, 0) is 11.3 Å². The average Bonchev–Trinajstić information content (AvgIpc) is 2.89. The van der Waals surface area contributed by atoms with Crippen LogP contribution < -0.4 is 5.73 Å². The Morgan fingerprint density at radius 1 is 1.42 bits per heavy atom. The molecule has 1 atom stereocenters. The summed E-state index contributed by atoms with van der Waals surface area (Å²) >= 11 is 0. The molecule has 2 N–H and O–H groups in total. The van der Waals surface area contributed by atoms with Gasteiger partial charge in [-0.15, -0.1) is 24.8 Å². The first-order valence-corrected chi connectivity index (χ1v) is 6.25. The minimum atomic E-state index is 0. The second-order valence-electron chi connectivity index (χ2n) is 4.60. The van der Waals surface area contributed by atoms with E-state index in [1.165, 1.54) is 0 Å². The minimum absolute atomic E-state index is 0. The van der Waals surface area contributed by atoms with Crippen molar-refractivity contribution in [3.05, 3.63) is 18.5 Å². The fourth-order valence-corrected chi connectivity index (χ4v) is 2.29. The fraction of sp³-hybridized carbons (Fsp3) is 0.667. The molecule has 0 radical (unpaired) electrons. The molecular weight excluding hydrogens is 287 g/mol. The van der Waals surface area contributed by atoms with E-state index in [9.17, 15) is 4.79 Å². The Hall–Kier alpha value is -0.780. The van der Waals surface area contributed by atoms with E-state index in [1.54, 1.807) is 10.9 Å². The maximum atomic E-state index is 12.0. The number of halogens is 2. The van der Waals surface area contributed by atoms with E-state index in [2.05, 4.69) is 5.10 Å². The summed E-state index contributed by atoms with van der Waals surface area (Å²) in [7, 11) is 0. The first-order chi connectivity index (χ1) is 8.29. The van der Waals surface area contributed by atoms with Crippen molar-refractivity contribution >= 4 is 30.7 Å². The highest BCUT2D eigenvalue weighted by Crippen LogP contribution is 2.16. The third-order valence-electron chi connectivity index (χ3n) is 3.32. The van der Waals surface area contributed by atoms with Gasteiger partial charge in [0, 0.05) is 38.4 Å². The number of aryl methyl sites for hydroxylation is 1. The van der Waals surface area contributed by atoms with Crippen LogP contribution in [0, 0.1) is 5.92 Å². The van der Waals surface area contributed by atoms with Gasteiger partial charge in [0.05, 0.1) is 0 Å². The summed E-state index contributed by atoms with van der Waals surface area (Å²) in [6.07, 6.45) is 6.37. The van der Waals surface area contributed by atoms with Crippen LogP contribution in [0.2, 0.25) is 0 Å². The van der Waals surface area contributed by atoms with E-state index in [-0.39, 0.29) is 30.7 Å². The number of hydrogen-bond acceptors (Lipinski definition) is 3. The van der Waals surface area contributed by atoms with Crippen LogP contribution in [-0.4, -0.2) is 40.2 Å². The number of aromatic nitrogens is 2. The summed E-state index contributed by atoms with van der Waals surface area (Å²) in [6, 6.07) is 1.87. The molecule has 0 aliphatic carbocycles. The Morgan fingerprint density at radius 3 is 2.84 bits per heavy atom. The van der Waals surface area contributed by atoms with Crippen LogP contribution in [0.15, 0.2) is 18.5 Å². The van der Waals surface area contributed by atoms with Gasteiger partial charge in [0.2, 0.25) is 5.91 Å². The molecule has 0 saturated carbocycles. The summed E-state index contributed by atoms with van der Waals surface area (Å²) < 4.78 is 1.79. The lowest BCUT2D eigenvalue weighted by Gasteiger charge is -2.32. The molecule has 1 aromatic rings. The van der Waals surface area contributed by atoms with E-state index < -0.39 is 0 Å². The van der Waals surface area contributed by atoms with Gasteiger partial charge in [-0.3, -0.25) is 9.48 Å². The largest absolute Gasteiger partial charge is 0.342 e. The third kappa shape index (κ3) is 5.38. The van der Waals surface area contributed by atoms with Crippen molar-refractivity contribution in [3.8, 4) is 0 Å². The standard InChI is InChI=1S/C12H20N4O.2ClH/c13-9-11-3-1-6-15(10-11)12(17)4-8-16-7-2-5-14-16;;/h2,5,7,11H,1,3-4,6,8-10,13H2;2*1H. The van der Waals surface area contributed by atoms with Crippen molar-refractivity contribution in [3.63, 3.8) is 0 Å². The molecule has 2 heterocycles. The zero-order chi connectivity index (χ0) is 12.1. The molecular formula is C12H22Cl2N4O. The number of rotatable bonds is 4. The van der Waals surface area contributed by atoms with Gasteiger partial charge in [-0.25, -0.2) is 0 Å². The van der Waals surface area contributed by atoms with Crippen molar-refractivity contribution in [2.45, 2.75) is 25.8 Å². The molecule has 5 nitrogen and oxygen atoms in total. The first-order valence-electron chi connectivity index (χ1n) is 6.25. The zero-order valence-electron chi connectivity index (χ0n) is 10.9. The molecule has 1 aliphatic rings. The first kappa shape index (κ1) is 18.2. The van der Waals surface area contributed by atoms with Gasteiger partial charge in [0.15, 0.2) is 0 Å². The smallest absolute Gasteiger partial charge is 0.224 e. The van der Waals surface area contributed by atoms with Gasteiger partial charge in [-0.1, -0.05) is 0 Å². The normalized spacial score (nSPS) is 18.4. The summed E-state index contributed by atoms with van der Waals surface area (Å²) in [5.74, 6) is 0.705. The van der Waals surface area contributed by atoms with Crippen molar-refractivity contribution < 1.29 is 4.79 Å². The van der Waals surface area contributed by atoms with Crippen LogP contribution in [0.3, 0.4) is 0 Å². The number of nitrogens with two attached hydrogens (primary N) is 1. The van der Waals surface area contributed by atoms with E-state index in [1.807, 2.05) is 17.2 Å². The fourth-order valence-electron chi connectivity index (χ4n) is 2.29. The highest BCUT2D eigenvalue weighted by Gasteiger charge is 2.22. The number of carbonyl (C=O) groups is 1. The minimum Gasteiger partial charge on any atom is -0.342 e. The number of amides is 1. The predicted octanol–water partition coefficient (Wildman–Crippen LogP) is 1.31. The number of hydrogen-bond donors (Lipinski definition) is 1. The van der Waals surface area contributed by atoms with Crippen molar-refractivity contribution in [2.75, 3.05) is 19.6 Å². The van der Waals surface area contributed by atoms with Crippen LogP contribution in [0.5, 0.6) is 0 Å². The maximum absolute atomic E-state index is 12.0. The van der Waals surface area contributed by atoms with Gasteiger partial charge in [0.1, 0.15) is 0 Å². The molecule has 1 amide bonds. The zero-order valence-corrected chi connectivity index (χ0v) is 12.5. The Labute approximate surface area is 126 Å². The molecule has 0 aromatic carbocycles. The molecule has 0 spiro atoms. The van der Waals surface area contributed by atoms with E-state index in [0.717, 1.165) is 25.9 Å². The Balaban J connectivity index is 0.00000162. The molecule has 1 aromatic heterocycles. The Kier molecular flexibility index (Phi) is 8.80. The van der Waals surface area contributed by atoms with E-state index in [4.69, 9.17) is 5.73 Å². The lowest BCUT2D eigenvalue weighted by molar-refractivity contribution is -0.133. The molecule has 1 unspecified atom stereocenters. The van der Waals surface area contributed by atoms with Crippen molar-refractivity contribution in [2.24, 2.45) is 11.7 Å². The van der Waals surface area contributed by atoms with E-state index >= 15 is 0 Å². The van der Waals surface area contributed by atoms with Crippen LogP contribution in [0.4, 0.5) is 0 Å². The van der Waals surface area contributed by atoms with Gasteiger partial charge in [0.25, 0.3) is 0 Å². The summed E-state index contributed by atoms with van der Waals surface area (Å²) in [4.78, 5) is 13.9. The van der Waals surface area contributed by atoms with E-state index in [0.29, 0.717) is 25.4 Å². The van der Waals surface area contributed by atoms with Gasteiger partial charge in [-0.05, 0) is 31.4 Å². The molecule has 1 aliphatic heterocycles. The molecule has 7 heteroatoms. The lowest BCUT2D eigenvalue weighted by Crippen LogP contribution is -2.42. The highest BCUT2D eigenvalue weighted by molar-refractivity contribution is 5.85. The van der Waals surface area contributed by atoms with Crippen LogP contribution >= 0.6 is 24.8 Å². The average molecular weight is 309 g/mol. The third-order valence-corrected chi connectivity index (χ3v) is 3.32. The molecule has 1 saturated heterocycles. The molecule has 1 fully saturated rings. The number of likely N-dealkylation sites (tertiary alicyclic amines) is 1. The number of piperidine rings is 1. The summed E-state index contributed by atoms with van der Waals surface area (Å²) in [5, 5.41) is 4.09. The van der Waals surface area contributed by atoms with Gasteiger partial charge in [-0.2, -0.15) is 5.10 Å². The predicted molar refractivity (Wildman–Crippen MR) is 79.7 cm³/mol. The lowest BCUT2D eigenvalue weighted by atomic mass is 9.98. The summed E-state index contributed by atoms with van der Waals surface area (Å²) in [5.41, 5.74) is 5.66. The number of nitrogens with zero attached hydrogens (tertiary/aromatic N) is 3. The number of carbonyl (C=O) groups excluding carboxylic acids is 1. The van der Waals surface area contributed by atoms with Crippen molar-refractivity contribution in [1.82, 2.24) is 14.7 Å². The molecule has 0 bridgehead atoms.